The van der Waals surface area contributed by atoms with Gasteiger partial charge in [0.1, 0.15) is 5.82 Å². The largest absolute Gasteiger partial charge is 0.341 e. The molecule has 2 N–H and O–H groups in total. The fraction of sp³-hybridized carbons (Fsp3) is 0.158. The number of rotatable bonds is 5. The molecule has 9 heteroatoms. The van der Waals surface area contributed by atoms with Crippen molar-refractivity contribution in [2.24, 2.45) is 0 Å². The summed E-state index contributed by atoms with van der Waals surface area (Å²) in [7, 11) is -4.03. The summed E-state index contributed by atoms with van der Waals surface area (Å²) in [6.45, 7) is 3.48. The number of nitrogens with one attached hydrogen (secondary N) is 2. The van der Waals surface area contributed by atoms with E-state index in [4.69, 9.17) is 23.2 Å². The van der Waals surface area contributed by atoms with Crippen molar-refractivity contribution < 1.29 is 13.2 Å². The molecule has 0 saturated carbocycles. The lowest BCUT2D eigenvalue weighted by Gasteiger charge is -2.08. The summed E-state index contributed by atoms with van der Waals surface area (Å²) in [5, 5.41) is 0.641. The Labute approximate surface area is 173 Å². The molecular formula is C19H17Cl2N3O3S. The van der Waals surface area contributed by atoms with Crippen molar-refractivity contribution in [1.29, 1.82) is 0 Å². The number of sulfonamides is 1. The second-order valence-corrected chi connectivity index (χ2v) is 8.50. The Kier molecular flexibility index (Phi) is 5.79. The van der Waals surface area contributed by atoms with Crippen molar-refractivity contribution in [3.05, 3.63) is 69.5 Å². The highest BCUT2D eigenvalue weighted by atomic mass is 35.5. The van der Waals surface area contributed by atoms with Crippen molar-refractivity contribution in [1.82, 2.24) is 14.7 Å². The second-order valence-electron chi connectivity index (χ2n) is 6.07. The van der Waals surface area contributed by atoms with Gasteiger partial charge in [-0.05, 0) is 37.1 Å². The third-order valence-corrected chi connectivity index (χ3v) is 6.47. The Bertz CT molecular complexity index is 1160. The molecule has 0 aliphatic rings. The van der Waals surface area contributed by atoms with Crippen LogP contribution in [0.2, 0.25) is 10.0 Å². The summed E-state index contributed by atoms with van der Waals surface area (Å²) >= 11 is 12.3. The molecule has 0 unspecified atom stereocenters. The third kappa shape index (κ3) is 3.92. The minimum Gasteiger partial charge on any atom is -0.341 e. The monoisotopic (exact) mass is 437 g/mol. The number of H-pyrrole nitrogens is 1. The van der Waals surface area contributed by atoms with Gasteiger partial charge >= 0.3 is 0 Å². The van der Waals surface area contributed by atoms with Crippen LogP contribution in [-0.4, -0.2) is 24.3 Å². The van der Waals surface area contributed by atoms with Gasteiger partial charge in [-0.15, -0.1) is 0 Å². The molecule has 0 spiro atoms. The smallest absolute Gasteiger partial charge is 0.285 e. The second kappa shape index (κ2) is 7.95. The molecule has 2 aromatic carbocycles. The average Bonchev–Trinajstić information content (AvgIpc) is 3.08. The Morgan fingerprint density at radius 3 is 2.54 bits per heavy atom. The van der Waals surface area contributed by atoms with Gasteiger partial charge in [-0.25, -0.2) is 18.1 Å². The number of aromatic nitrogens is 2. The van der Waals surface area contributed by atoms with Crippen LogP contribution in [0.4, 0.5) is 0 Å². The Balaban J connectivity index is 1.98. The van der Waals surface area contributed by atoms with E-state index in [0.717, 1.165) is 0 Å². The predicted octanol–water partition coefficient (Wildman–Crippen LogP) is 4.37. The van der Waals surface area contributed by atoms with Gasteiger partial charge in [0.15, 0.2) is 5.69 Å². The van der Waals surface area contributed by atoms with E-state index in [1.807, 2.05) is 6.92 Å². The molecule has 146 valence electrons. The molecule has 0 atom stereocenters. The molecule has 3 aromatic rings. The summed E-state index contributed by atoms with van der Waals surface area (Å²) in [4.78, 5) is 20.0. The lowest BCUT2D eigenvalue weighted by Crippen LogP contribution is -2.32. The maximum Gasteiger partial charge on any atom is 0.285 e. The van der Waals surface area contributed by atoms with Gasteiger partial charge in [-0.1, -0.05) is 54.4 Å². The van der Waals surface area contributed by atoms with E-state index in [9.17, 15) is 13.2 Å². The number of halogens is 2. The molecule has 6 nitrogen and oxygen atoms in total. The zero-order valence-corrected chi connectivity index (χ0v) is 17.4. The van der Waals surface area contributed by atoms with Gasteiger partial charge in [0.25, 0.3) is 15.9 Å². The van der Waals surface area contributed by atoms with E-state index in [0.29, 0.717) is 39.1 Å². The van der Waals surface area contributed by atoms with Crippen LogP contribution < -0.4 is 4.72 Å². The molecule has 0 aliphatic carbocycles. The Morgan fingerprint density at radius 1 is 1.14 bits per heavy atom. The highest BCUT2D eigenvalue weighted by Crippen LogP contribution is 2.32. The van der Waals surface area contributed by atoms with Gasteiger partial charge in [-0.3, -0.25) is 4.79 Å². The Morgan fingerprint density at radius 2 is 1.86 bits per heavy atom. The number of carbonyl (C=O) groups is 1. The highest BCUT2D eigenvalue weighted by Gasteiger charge is 2.25. The van der Waals surface area contributed by atoms with Crippen LogP contribution in [-0.2, 0) is 16.4 Å². The van der Waals surface area contributed by atoms with Crippen molar-refractivity contribution in [3.8, 4) is 11.4 Å². The molecule has 0 bridgehead atoms. The molecule has 0 aliphatic heterocycles. The molecule has 1 amide bonds. The summed E-state index contributed by atoms with van der Waals surface area (Å²) in [5.74, 6) is -0.483. The third-order valence-electron chi connectivity index (χ3n) is 4.16. The first-order chi connectivity index (χ1) is 13.2. The molecule has 1 aromatic heterocycles. The number of carbonyl (C=O) groups excluding carboxylic acids is 1. The van der Waals surface area contributed by atoms with Crippen LogP contribution in [0, 0.1) is 6.92 Å². The van der Waals surface area contributed by atoms with Crippen LogP contribution in [0.1, 0.15) is 28.7 Å². The number of hydrogen-bond acceptors (Lipinski definition) is 4. The number of aryl methyl sites for hydroxylation is 2. The Hall–Kier alpha value is -2.35. The fourth-order valence-corrected chi connectivity index (χ4v) is 4.34. The number of hydrogen-bond donors (Lipinski definition) is 2. The predicted molar refractivity (Wildman–Crippen MR) is 109 cm³/mol. The molecular weight excluding hydrogens is 421 g/mol. The number of benzene rings is 2. The van der Waals surface area contributed by atoms with E-state index in [1.54, 1.807) is 43.3 Å². The van der Waals surface area contributed by atoms with E-state index >= 15 is 0 Å². The van der Waals surface area contributed by atoms with Gasteiger partial charge in [0.2, 0.25) is 0 Å². The highest BCUT2D eigenvalue weighted by molar-refractivity contribution is 7.90. The average molecular weight is 438 g/mol. The number of nitrogens with zero attached hydrogens (tertiary/aromatic N) is 1. The van der Waals surface area contributed by atoms with Crippen LogP contribution in [0.5, 0.6) is 0 Å². The van der Waals surface area contributed by atoms with Gasteiger partial charge in [-0.2, -0.15) is 0 Å². The van der Waals surface area contributed by atoms with Crippen molar-refractivity contribution in [2.75, 3.05) is 0 Å². The number of amides is 1. The van der Waals surface area contributed by atoms with E-state index in [-0.39, 0.29) is 10.6 Å². The first-order valence-corrected chi connectivity index (χ1v) is 10.6. The zero-order valence-electron chi connectivity index (χ0n) is 15.1. The SMILES string of the molecule is CCc1[nH]c(-c2cccc(Cl)c2Cl)nc1C(=O)NS(=O)(=O)c1ccccc1C. The maximum absolute atomic E-state index is 12.7. The molecule has 28 heavy (non-hydrogen) atoms. The quantitative estimate of drug-likeness (QED) is 0.619. The molecule has 3 rings (SSSR count). The van der Waals surface area contributed by atoms with Crippen LogP contribution in [0.25, 0.3) is 11.4 Å². The standard InChI is InChI=1S/C19H17Cl2N3O3S/c1-3-14-17(23-18(22-14)12-8-6-9-13(20)16(12)21)19(25)24-28(26,27)15-10-5-4-7-11(15)2/h4-10H,3H2,1-2H3,(H,22,23)(H,24,25). The molecule has 1 heterocycles. The fourth-order valence-electron chi connectivity index (χ4n) is 2.75. The summed E-state index contributed by atoms with van der Waals surface area (Å²) < 4.78 is 27.3. The molecule has 0 radical (unpaired) electrons. The summed E-state index contributed by atoms with van der Waals surface area (Å²) in [5.41, 5.74) is 1.53. The minimum absolute atomic E-state index is 0.00861. The maximum atomic E-state index is 12.7. The van der Waals surface area contributed by atoms with Crippen molar-refractivity contribution in [3.63, 3.8) is 0 Å². The lowest BCUT2D eigenvalue weighted by molar-refractivity contribution is 0.0976. The van der Waals surface area contributed by atoms with Gasteiger partial charge in [0.05, 0.1) is 14.9 Å². The normalized spacial score (nSPS) is 11.4. The van der Waals surface area contributed by atoms with E-state index < -0.39 is 15.9 Å². The van der Waals surface area contributed by atoms with Crippen LogP contribution in [0.15, 0.2) is 47.4 Å². The van der Waals surface area contributed by atoms with E-state index in [2.05, 4.69) is 14.7 Å². The lowest BCUT2D eigenvalue weighted by atomic mass is 10.2. The topological polar surface area (TPSA) is 91.9 Å². The van der Waals surface area contributed by atoms with E-state index in [1.165, 1.54) is 6.07 Å². The summed E-state index contributed by atoms with van der Waals surface area (Å²) in [6, 6.07) is 11.5. The first-order valence-electron chi connectivity index (χ1n) is 8.40. The minimum atomic E-state index is -4.03. The zero-order chi connectivity index (χ0) is 20.5. The molecule has 0 saturated heterocycles. The number of imidazole rings is 1. The van der Waals surface area contributed by atoms with Gasteiger partial charge in [0, 0.05) is 11.3 Å². The van der Waals surface area contributed by atoms with Crippen molar-refractivity contribution >= 4 is 39.1 Å². The van der Waals surface area contributed by atoms with Crippen molar-refractivity contribution in [2.45, 2.75) is 25.2 Å². The van der Waals surface area contributed by atoms with Crippen LogP contribution >= 0.6 is 23.2 Å². The summed E-state index contributed by atoms with van der Waals surface area (Å²) in [6.07, 6.45) is 0.443. The van der Waals surface area contributed by atoms with Gasteiger partial charge < -0.3 is 4.98 Å². The number of aromatic amines is 1. The molecule has 0 fully saturated rings. The van der Waals surface area contributed by atoms with Crippen LogP contribution in [0.3, 0.4) is 0 Å². The first kappa shape index (κ1) is 20.4.